The number of halogens is 1. The van der Waals surface area contributed by atoms with E-state index in [0.717, 1.165) is 16.2 Å². The molecular weight excluding hydrogens is 424 g/mol. The second kappa shape index (κ2) is 6.76. The molecule has 0 fully saturated rings. The topological polar surface area (TPSA) is 74.8 Å². The second-order valence-corrected chi connectivity index (χ2v) is 8.31. The molecule has 0 radical (unpaired) electrons. The van der Waals surface area contributed by atoms with Gasteiger partial charge >= 0.3 is 5.91 Å². The molecule has 2 aromatic carbocycles. The number of ketones is 2. The number of thiophene rings is 1. The number of para-hydroxylation sites is 3. The maximum atomic E-state index is 13.6. The number of carbonyl (C=O) groups is 4. The van der Waals surface area contributed by atoms with Gasteiger partial charge in [0.15, 0.2) is 0 Å². The quantitative estimate of drug-likeness (QED) is 0.353. The van der Waals surface area contributed by atoms with Crippen molar-refractivity contribution < 1.29 is 19.2 Å². The van der Waals surface area contributed by atoms with E-state index in [-0.39, 0.29) is 10.6 Å². The van der Waals surface area contributed by atoms with Crippen molar-refractivity contribution in [1.29, 1.82) is 0 Å². The fourth-order valence-electron chi connectivity index (χ4n) is 3.62. The normalized spacial score (nSPS) is 15.6. The molecule has 146 valence electrons. The van der Waals surface area contributed by atoms with Crippen molar-refractivity contribution in [3.63, 3.8) is 0 Å². The van der Waals surface area contributed by atoms with E-state index in [2.05, 4.69) is 0 Å². The van der Waals surface area contributed by atoms with Crippen LogP contribution in [0.1, 0.15) is 9.67 Å². The largest absolute Gasteiger partial charge is 0.304 e. The zero-order valence-corrected chi connectivity index (χ0v) is 16.7. The summed E-state index contributed by atoms with van der Waals surface area (Å²) in [4.78, 5) is 54.9. The molecule has 8 heteroatoms. The molecule has 0 aliphatic carbocycles. The van der Waals surface area contributed by atoms with Crippen LogP contribution in [0.15, 0.2) is 78.0 Å². The van der Waals surface area contributed by atoms with Crippen LogP contribution in [0.2, 0.25) is 4.34 Å². The number of carbonyl (C=O) groups excluding carboxylic acids is 4. The Balaban J connectivity index is 1.77. The summed E-state index contributed by atoms with van der Waals surface area (Å²) in [5, 5.41) is 0. The highest BCUT2D eigenvalue weighted by Crippen LogP contribution is 2.45. The Morgan fingerprint density at radius 2 is 1.40 bits per heavy atom. The van der Waals surface area contributed by atoms with E-state index in [9.17, 15) is 19.2 Å². The fourth-order valence-corrected chi connectivity index (χ4v) is 4.61. The molecule has 2 aliphatic heterocycles. The van der Waals surface area contributed by atoms with Crippen LogP contribution < -0.4 is 9.80 Å². The van der Waals surface area contributed by atoms with Crippen LogP contribution in [0.25, 0.3) is 0 Å². The Morgan fingerprint density at radius 1 is 0.767 bits per heavy atom. The minimum atomic E-state index is -1.00. The average Bonchev–Trinajstić information content (AvgIpc) is 3.31. The van der Waals surface area contributed by atoms with Crippen molar-refractivity contribution in [2.75, 3.05) is 9.80 Å². The minimum absolute atomic E-state index is 0.184. The van der Waals surface area contributed by atoms with Gasteiger partial charge in [-0.2, -0.15) is 0 Å². The number of fused-ring (bicyclic) bond motifs is 3. The second-order valence-electron chi connectivity index (χ2n) is 6.59. The van der Waals surface area contributed by atoms with Crippen LogP contribution in [0.3, 0.4) is 0 Å². The van der Waals surface area contributed by atoms with E-state index in [4.69, 9.17) is 11.6 Å². The predicted octanol–water partition coefficient (Wildman–Crippen LogP) is 4.13. The lowest BCUT2D eigenvalue weighted by Gasteiger charge is -2.35. The Kier molecular flexibility index (Phi) is 4.16. The highest BCUT2D eigenvalue weighted by Gasteiger charge is 2.50. The lowest BCUT2D eigenvalue weighted by atomic mass is 10.0. The summed E-state index contributed by atoms with van der Waals surface area (Å²) in [6, 6.07) is 18.6. The molecule has 1 aromatic heterocycles. The van der Waals surface area contributed by atoms with Gasteiger partial charge in [-0.1, -0.05) is 41.9 Å². The van der Waals surface area contributed by atoms with Gasteiger partial charge in [-0.3, -0.25) is 29.0 Å². The van der Waals surface area contributed by atoms with E-state index >= 15 is 0 Å². The molecule has 2 amide bonds. The number of hydrogen-bond acceptors (Lipinski definition) is 5. The lowest BCUT2D eigenvalue weighted by Crippen LogP contribution is -2.42. The summed E-state index contributed by atoms with van der Waals surface area (Å²) >= 11 is 6.91. The zero-order chi connectivity index (χ0) is 21.0. The van der Waals surface area contributed by atoms with Crippen LogP contribution in [-0.2, 0) is 14.4 Å². The van der Waals surface area contributed by atoms with E-state index in [1.807, 2.05) is 6.07 Å². The molecule has 30 heavy (non-hydrogen) atoms. The van der Waals surface area contributed by atoms with Gasteiger partial charge < -0.3 is 0 Å². The SMILES string of the molecule is O=C1C(=O)N2C(=C1C(=O)c1ccc(Cl)s1)C(=O)N(c1ccccc1)c1ccccc12. The number of Topliss-reactive ketones (excluding diaryl/α,β-unsaturated/α-hetero) is 2. The summed E-state index contributed by atoms with van der Waals surface area (Å²) in [7, 11) is 0. The Labute approximate surface area is 179 Å². The van der Waals surface area contributed by atoms with Crippen LogP contribution in [-0.4, -0.2) is 23.4 Å². The molecule has 0 spiro atoms. The van der Waals surface area contributed by atoms with Gasteiger partial charge in [0.1, 0.15) is 11.3 Å². The van der Waals surface area contributed by atoms with Crippen molar-refractivity contribution >= 4 is 63.4 Å². The van der Waals surface area contributed by atoms with Crippen molar-refractivity contribution in [2.24, 2.45) is 0 Å². The predicted molar refractivity (Wildman–Crippen MR) is 113 cm³/mol. The maximum absolute atomic E-state index is 13.6. The summed E-state index contributed by atoms with van der Waals surface area (Å²) < 4.78 is 0.365. The van der Waals surface area contributed by atoms with Crippen LogP contribution in [0.5, 0.6) is 0 Å². The molecule has 3 aromatic rings. The smallest absolute Gasteiger partial charge is 0.287 e. The molecular formula is C22H11ClN2O4S. The van der Waals surface area contributed by atoms with Crippen LogP contribution >= 0.6 is 22.9 Å². The molecule has 0 unspecified atom stereocenters. The molecule has 6 nitrogen and oxygen atoms in total. The van der Waals surface area contributed by atoms with Gasteiger partial charge in [-0.05, 0) is 36.4 Å². The maximum Gasteiger partial charge on any atom is 0.304 e. The van der Waals surface area contributed by atoms with Gasteiger partial charge in [0.2, 0.25) is 5.78 Å². The highest BCUT2D eigenvalue weighted by atomic mass is 35.5. The van der Waals surface area contributed by atoms with Gasteiger partial charge in [0.05, 0.1) is 20.6 Å². The van der Waals surface area contributed by atoms with Crippen molar-refractivity contribution in [3.8, 4) is 0 Å². The average molecular weight is 435 g/mol. The summed E-state index contributed by atoms with van der Waals surface area (Å²) in [5.41, 5.74) is 0.702. The lowest BCUT2D eigenvalue weighted by molar-refractivity contribution is -0.132. The summed E-state index contributed by atoms with van der Waals surface area (Å²) in [5.74, 6) is -3.24. The zero-order valence-electron chi connectivity index (χ0n) is 15.2. The van der Waals surface area contributed by atoms with Crippen molar-refractivity contribution in [2.45, 2.75) is 0 Å². The first-order valence-corrected chi connectivity index (χ1v) is 10.1. The molecule has 5 rings (SSSR count). The third kappa shape index (κ3) is 2.56. The first kappa shape index (κ1) is 18.5. The van der Waals surface area contributed by atoms with E-state index in [1.54, 1.807) is 48.5 Å². The first-order valence-electron chi connectivity index (χ1n) is 8.90. The number of benzene rings is 2. The minimum Gasteiger partial charge on any atom is -0.287 e. The highest BCUT2D eigenvalue weighted by molar-refractivity contribution is 7.18. The molecule has 2 aliphatic rings. The molecule has 0 N–H and O–H groups in total. The van der Waals surface area contributed by atoms with Gasteiger partial charge in [-0.15, -0.1) is 11.3 Å². The Bertz CT molecular complexity index is 1300. The van der Waals surface area contributed by atoms with Crippen molar-refractivity contribution in [3.05, 3.63) is 87.2 Å². The Morgan fingerprint density at radius 3 is 2.03 bits per heavy atom. The number of hydrogen-bond donors (Lipinski definition) is 0. The van der Waals surface area contributed by atoms with Crippen LogP contribution in [0, 0.1) is 0 Å². The summed E-state index contributed by atoms with van der Waals surface area (Å²) in [6.45, 7) is 0. The molecule has 0 bridgehead atoms. The number of nitrogens with zero attached hydrogens (tertiary/aromatic N) is 2. The van der Waals surface area contributed by atoms with Gasteiger partial charge in [0.25, 0.3) is 11.7 Å². The van der Waals surface area contributed by atoms with E-state index < -0.39 is 29.0 Å². The third-order valence-corrected chi connectivity index (χ3v) is 6.12. The standard InChI is InChI=1S/C22H11ClN2O4S/c23-16-11-10-15(30-16)19(26)17-18-21(28)24(12-6-2-1-3-7-12)13-8-4-5-9-14(13)25(18)22(29)20(17)27/h1-11H. The van der Waals surface area contributed by atoms with Gasteiger partial charge in [0, 0.05) is 5.69 Å². The third-order valence-electron chi connectivity index (χ3n) is 4.89. The Hall–Kier alpha value is -3.55. The molecule has 0 atom stereocenters. The van der Waals surface area contributed by atoms with Crippen LogP contribution in [0.4, 0.5) is 17.1 Å². The monoisotopic (exact) mass is 434 g/mol. The molecule has 0 saturated carbocycles. The van der Waals surface area contributed by atoms with E-state index in [0.29, 0.717) is 21.4 Å². The number of anilines is 3. The number of rotatable bonds is 3. The fraction of sp³-hybridized carbons (Fsp3) is 0. The molecule has 3 heterocycles. The first-order chi connectivity index (χ1) is 14.5. The number of amides is 2. The van der Waals surface area contributed by atoms with Gasteiger partial charge in [-0.25, -0.2) is 0 Å². The van der Waals surface area contributed by atoms with E-state index in [1.165, 1.54) is 17.0 Å². The molecule has 0 saturated heterocycles. The van der Waals surface area contributed by atoms with Crippen molar-refractivity contribution in [1.82, 2.24) is 0 Å². The summed E-state index contributed by atoms with van der Waals surface area (Å²) in [6.07, 6.45) is 0.